The minimum Gasteiger partial charge on any atom is -0.385 e. The van der Waals surface area contributed by atoms with Crippen molar-refractivity contribution in [3.63, 3.8) is 0 Å². The van der Waals surface area contributed by atoms with Crippen molar-refractivity contribution in [2.75, 3.05) is 47.2 Å². The van der Waals surface area contributed by atoms with Gasteiger partial charge in [0.25, 0.3) is 0 Å². The first kappa shape index (κ1) is 16.4. The third kappa shape index (κ3) is 5.06. The highest BCUT2D eigenvalue weighted by Gasteiger charge is 2.49. The molecule has 0 aliphatic heterocycles. The van der Waals surface area contributed by atoms with Crippen LogP contribution in [-0.2, 0) is 19.0 Å². The predicted octanol–water partition coefficient (Wildman–Crippen LogP) is -0.0904. The molecule has 1 amide bonds. The molecule has 0 bridgehead atoms. The van der Waals surface area contributed by atoms with Gasteiger partial charge in [-0.05, 0) is 32.2 Å². The maximum Gasteiger partial charge on any atom is 0.240 e. The van der Waals surface area contributed by atoms with E-state index >= 15 is 0 Å². The number of methoxy groups -OCH3 is 1. The Kier molecular flexibility index (Phi) is 7.30. The lowest BCUT2D eigenvalue weighted by atomic mass is 9.93. The molecule has 0 aromatic carbocycles. The zero-order valence-electron chi connectivity index (χ0n) is 11.9. The van der Waals surface area contributed by atoms with E-state index in [9.17, 15) is 4.79 Å². The molecule has 0 heterocycles. The zero-order chi connectivity index (χ0) is 14.1. The number of likely N-dealkylation sites (N-methyl/N-ethyl adjacent to an activating group) is 1. The molecule has 6 heteroatoms. The molecule has 1 fully saturated rings. The summed E-state index contributed by atoms with van der Waals surface area (Å²) in [5, 5.41) is 3.04. The fraction of sp³-hybridized carbons (Fsp3) is 0.923. The summed E-state index contributed by atoms with van der Waals surface area (Å²) in [6.45, 7) is 2.66. The molecule has 0 radical (unpaired) electrons. The minimum atomic E-state index is -0.712. The monoisotopic (exact) mass is 274 g/mol. The van der Waals surface area contributed by atoms with Crippen molar-refractivity contribution >= 4 is 5.91 Å². The van der Waals surface area contributed by atoms with E-state index in [1.165, 1.54) is 0 Å². The number of hydrogen-bond acceptors (Lipinski definition) is 5. The average Bonchev–Trinajstić information content (AvgIpc) is 3.22. The van der Waals surface area contributed by atoms with Crippen LogP contribution >= 0.6 is 0 Å². The van der Waals surface area contributed by atoms with Crippen molar-refractivity contribution in [2.24, 2.45) is 11.7 Å². The Morgan fingerprint density at radius 2 is 1.95 bits per heavy atom. The Hall–Kier alpha value is -0.690. The maximum absolute atomic E-state index is 11.6. The predicted molar refractivity (Wildman–Crippen MR) is 71.8 cm³/mol. The molecule has 1 rings (SSSR count). The number of hydrogen-bond donors (Lipinski definition) is 2. The summed E-state index contributed by atoms with van der Waals surface area (Å²) in [4.78, 5) is 11.6. The van der Waals surface area contributed by atoms with Crippen LogP contribution in [0, 0.1) is 5.92 Å². The van der Waals surface area contributed by atoms with Crippen LogP contribution in [0.3, 0.4) is 0 Å². The number of ether oxygens (including phenoxy) is 3. The van der Waals surface area contributed by atoms with Crippen molar-refractivity contribution < 1.29 is 19.0 Å². The van der Waals surface area contributed by atoms with Crippen LogP contribution in [-0.4, -0.2) is 58.6 Å². The molecule has 0 saturated heterocycles. The summed E-state index contributed by atoms with van der Waals surface area (Å²) < 4.78 is 15.8. The second-order valence-corrected chi connectivity index (χ2v) is 4.87. The number of carbonyl (C=O) groups excluding carboxylic acids is 1. The van der Waals surface area contributed by atoms with Crippen LogP contribution in [0.5, 0.6) is 0 Å². The average molecular weight is 274 g/mol. The van der Waals surface area contributed by atoms with E-state index in [1.807, 2.05) is 0 Å². The highest BCUT2D eigenvalue weighted by atomic mass is 16.5. The van der Waals surface area contributed by atoms with Crippen LogP contribution < -0.4 is 11.1 Å². The smallest absolute Gasteiger partial charge is 0.240 e. The summed E-state index contributed by atoms with van der Waals surface area (Å²) in [6, 6.07) is 0. The fourth-order valence-corrected chi connectivity index (χ4v) is 2.12. The molecule has 1 aliphatic rings. The van der Waals surface area contributed by atoms with Crippen molar-refractivity contribution in [1.82, 2.24) is 5.32 Å². The SMILES string of the molecule is CNC(COCCOCCCOC)(C(N)=O)C1CC1. The van der Waals surface area contributed by atoms with Crippen molar-refractivity contribution in [2.45, 2.75) is 24.8 Å². The van der Waals surface area contributed by atoms with Gasteiger partial charge in [-0.1, -0.05) is 0 Å². The van der Waals surface area contributed by atoms with E-state index in [1.54, 1.807) is 14.2 Å². The lowest BCUT2D eigenvalue weighted by Gasteiger charge is -2.30. The van der Waals surface area contributed by atoms with Crippen molar-refractivity contribution in [3.8, 4) is 0 Å². The Labute approximate surface area is 115 Å². The summed E-state index contributed by atoms with van der Waals surface area (Å²) in [5.74, 6) is -0.0314. The van der Waals surface area contributed by atoms with Gasteiger partial charge in [-0.25, -0.2) is 0 Å². The molecule has 0 aromatic rings. The topological polar surface area (TPSA) is 82.8 Å². The molecule has 1 unspecified atom stereocenters. The second-order valence-electron chi connectivity index (χ2n) is 4.87. The van der Waals surface area contributed by atoms with Crippen LogP contribution in [0.1, 0.15) is 19.3 Å². The van der Waals surface area contributed by atoms with E-state index in [-0.39, 0.29) is 5.91 Å². The van der Waals surface area contributed by atoms with Crippen LogP contribution in [0.15, 0.2) is 0 Å². The lowest BCUT2D eigenvalue weighted by molar-refractivity contribution is -0.128. The molecule has 1 saturated carbocycles. The number of amides is 1. The largest absolute Gasteiger partial charge is 0.385 e. The molecule has 19 heavy (non-hydrogen) atoms. The summed E-state index contributed by atoms with van der Waals surface area (Å²) in [6.07, 6.45) is 2.93. The molecular weight excluding hydrogens is 248 g/mol. The minimum absolute atomic E-state index is 0.303. The maximum atomic E-state index is 11.6. The number of rotatable bonds is 12. The number of carbonyl (C=O) groups is 1. The molecule has 0 spiro atoms. The molecule has 0 aromatic heterocycles. The third-order valence-electron chi connectivity index (χ3n) is 3.50. The van der Waals surface area contributed by atoms with Gasteiger partial charge in [-0.2, -0.15) is 0 Å². The van der Waals surface area contributed by atoms with Gasteiger partial charge in [-0.3, -0.25) is 4.79 Å². The van der Waals surface area contributed by atoms with Crippen LogP contribution in [0.25, 0.3) is 0 Å². The van der Waals surface area contributed by atoms with E-state index in [4.69, 9.17) is 19.9 Å². The number of nitrogens with two attached hydrogens (primary N) is 1. The first-order valence-corrected chi connectivity index (χ1v) is 6.80. The highest BCUT2D eigenvalue weighted by molar-refractivity contribution is 5.85. The Morgan fingerprint density at radius 1 is 1.26 bits per heavy atom. The van der Waals surface area contributed by atoms with E-state index in [0.29, 0.717) is 39.0 Å². The molecule has 1 aliphatic carbocycles. The lowest BCUT2D eigenvalue weighted by Crippen LogP contribution is -2.59. The quantitative estimate of drug-likeness (QED) is 0.486. The van der Waals surface area contributed by atoms with E-state index < -0.39 is 5.54 Å². The highest BCUT2D eigenvalue weighted by Crippen LogP contribution is 2.39. The standard InChI is InChI=1S/C13H26N2O4/c1-15-13(12(14)16,11-4-5-11)10-19-9-8-18-7-3-6-17-2/h11,15H,3-10H2,1-2H3,(H2,14,16). The van der Waals surface area contributed by atoms with Gasteiger partial charge in [0.1, 0.15) is 5.54 Å². The number of primary amides is 1. The Bertz CT molecular complexity index is 271. The summed E-state index contributed by atoms with van der Waals surface area (Å²) in [7, 11) is 3.43. The zero-order valence-corrected chi connectivity index (χ0v) is 11.9. The Morgan fingerprint density at radius 3 is 2.47 bits per heavy atom. The van der Waals surface area contributed by atoms with Gasteiger partial charge in [0.2, 0.25) is 5.91 Å². The third-order valence-corrected chi connectivity index (χ3v) is 3.50. The first-order valence-electron chi connectivity index (χ1n) is 6.80. The van der Waals surface area contributed by atoms with Crippen molar-refractivity contribution in [1.29, 1.82) is 0 Å². The molecule has 6 nitrogen and oxygen atoms in total. The van der Waals surface area contributed by atoms with Crippen LogP contribution in [0.2, 0.25) is 0 Å². The second kappa shape index (κ2) is 8.47. The molecule has 112 valence electrons. The number of nitrogens with one attached hydrogen (secondary N) is 1. The molecule has 3 N–H and O–H groups in total. The van der Waals surface area contributed by atoms with Gasteiger partial charge in [0, 0.05) is 20.3 Å². The first-order chi connectivity index (χ1) is 9.17. The van der Waals surface area contributed by atoms with Gasteiger partial charge in [0.15, 0.2) is 0 Å². The van der Waals surface area contributed by atoms with Gasteiger partial charge < -0.3 is 25.3 Å². The van der Waals surface area contributed by atoms with Gasteiger partial charge >= 0.3 is 0 Å². The van der Waals surface area contributed by atoms with E-state index in [2.05, 4.69) is 5.32 Å². The van der Waals surface area contributed by atoms with Gasteiger partial charge in [0.05, 0.1) is 19.8 Å². The Balaban J connectivity index is 2.14. The van der Waals surface area contributed by atoms with Crippen LogP contribution in [0.4, 0.5) is 0 Å². The summed E-state index contributed by atoms with van der Waals surface area (Å²) in [5.41, 5.74) is 4.78. The van der Waals surface area contributed by atoms with E-state index in [0.717, 1.165) is 19.3 Å². The normalized spacial score (nSPS) is 18.2. The fourth-order valence-electron chi connectivity index (χ4n) is 2.12. The molecule has 1 atom stereocenters. The molecular formula is C13H26N2O4. The van der Waals surface area contributed by atoms with Crippen molar-refractivity contribution in [3.05, 3.63) is 0 Å². The van der Waals surface area contributed by atoms with Gasteiger partial charge in [-0.15, -0.1) is 0 Å². The summed E-state index contributed by atoms with van der Waals surface area (Å²) >= 11 is 0.